The summed E-state index contributed by atoms with van der Waals surface area (Å²) in [5.41, 5.74) is 1.16. The number of carbonyl (C=O) groups is 1. The minimum atomic E-state index is -0.969. The summed E-state index contributed by atoms with van der Waals surface area (Å²) in [6, 6.07) is 1.90. The highest BCUT2D eigenvalue weighted by molar-refractivity contribution is 5.95. The number of rotatable bonds is 5. The summed E-state index contributed by atoms with van der Waals surface area (Å²) in [7, 11) is 0. The van der Waals surface area contributed by atoms with Crippen molar-refractivity contribution in [3.63, 3.8) is 0 Å². The van der Waals surface area contributed by atoms with E-state index in [1.54, 1.807) is 10.9 Å². The number of nitrogens with one attached hydrogen (secondary N) is 1. The van der Waals surface area contributed by atoms with Gasteiger partial charge in [-0.25, -0.2) is 9.97 Å². The van der Waals surface area contributed by atoms with E-state index >= 15 is 0 Å². The minimum absolute atomic E-state index is 0.198. The molecule has 2 aromatic rings. The molecule has 0 aliphatic carbocycles. The quantitative estimate of drug-likeness (QED) is 0.828. The second-order valence-corrected chi connectivity index (χ2v) is 6.58. The van der Waals surface area contributed by atoms with Crippen molar-refractivity contribution < 1.29 is 9.90 Å². The molecule has 1 amide bonds. The zero-order valence-electron chi connectivity index (χ0n) is 14.9. The third kappa shape index (κ3) is 3.79. The van der Waals surface area contributed by atoms with Crippen molar-refractivity contribution in [2.24, 2.45) is 0 Å². The molecule has 1 fully saturated rings. The number of amides is 1. The Labute approximate surface area is 146 Å². The molecule has 0 aromatic carbocycles. The van der Waals surface area contributed by atoms with Crippen molar-refractivity contribution in [3.8, 4) is 0 Å². The standard InChI is InChI=1S/C17H24N6O2/c1-4-23-8-14(13(3)21-23)16(24)18-9-17(25)5-6-22(10-17)15-7-12(2)19-11-20-15/h7-8,11,25H,4-6,9-10H2,1-3H3,(H,18,24). The summed E-state index contributed by atoms with van der Waals surface area (Å²) >= 11 is 0. The minimum Gasteiger partial charge on any atom is -0.386 e. The molecule has 1 aliphatic rings. The number of nitrogens with zero attached hydrogens (tertiary/aromatic N) is 5. The first kappa shape index (κ1) is 17.3. The lowest BCUT2D eigenvalue weighted by Gasteiger charge is -2.24. The van der Waals surface area contributed by atoms with Crippen LogP contribution in [-0.4, -0.2) is 56.0 Å². The molecule has 0 saturated carbocycles. The van der Waals surface area contributed by atoms with Gasteiger partial charge >= 0.3 is 0 Å². The molecule has 0 spiro atoms. The molecule has 1 aliphatic heterocycles. The maximum absolute atomic E-state index is 12.4. The first-order valence-corrected chi connectivity index (χ1v) is 8.48. The Morgan fingerprint density at radius 3 is 2.88 bits per heavy atom. The maximum Gasteiger partial charge on any atom is 0.254 e. The molecule has 134 valence electrons. The summed E-state index contributed by atoms with van der Waals surface area (Å²) in [5, 5.41) is 17.9. The summed E-state index contributed by atoms with van der Waals surface area (Å²) in [6.07, 6.45) is 3.83. The third-order valence-electron chi connectivity index (χ3n) is 4.54. The molecular formula is C17H24N6O2. The van der Waals surface area contributed by atoms with Gasteiger partial charge in [-0.1, -0.05) is 0 Å². The summed E-state index contributed by atoms with van der Waals surface area (Å²) in [4.78, 5) is 22.7. The molecule has 25 heavy (non-hydrogen) atoms. The van der Waals surface area contributed by atoms with Gasteiger partial charge in [-0.05, 0) is 27.2 Å². The highest BCUT2D eigenvalue weighted by atomic mass is 16.3. The number of hydrogen-bond donors (Lipinski definition) is 2. The van der Waals surface area contributed by atoms with Crippen molar-refractivity contribution in [3.05, 3.63) is 35.5 Å². The van der Waals surface area contributed by atoms with Crippen LogP contribution in [0.3, 0.4) is 0 Å². The van der Waals surface area contributed by atoms with Crippen molar-refractivity contribution >= 4 is 11.7 Å². The molecule has 2 N–H and O–H groups in total. The van der Waals surface area contributed by atoms with Gasteiger partial charge in [-0.2, -0.15) is 5.10 Å². The van der Waals surface area contributed by atoms with Crippen LogP contribution in [0.15, 0.2) is 18.6 Å². The van der Waals surface area contributed by atoms with Gasteiger partial charge < -0.3 is 15.3 Å². The molecule has 3 heterocycles. The molecule has 8 heteroatoms. The SMILES string of the molecule is CCn1cc(C(=O)NCC2(O)CCN(c3cc(C)ncn3)C2)c(C)n1. The van der Waals surface area contributed by atoms with Gasteiger partial charge in [0.2, 0.25) is 0 Å². The number of aryl methyl sites for hydroxylation is 3. The largest absolute Gasteiger partial charge is 0.386 e. The Balaban J connectivity index is 1.61. The Morgan fingerprint density at radius 1 is 1.40 bits per heavy atom. The number of aromatic nitrogens is 4. The fourth-order valence-electron chi connectivity index (χ4n) is 3.05. The van der Waals surface area contributed by atoms with Gasteiger partial charge in [0.1, 0.15) is 17.7 Å². The van der Waals surface area contributed by atoms with Crippen LogP contribution >= 0.6 is 0 Å². The van der Waals surface area contributed by atoms with Crippen LogP contribution in [0.2, 0.25) is 0 Å². The molecule has 0 radical (unpaired) electrons. The van der Waals surface area contributed by atoms with Crippen molar-refractivity contribution in [1.82, 2.24) is 25.1 Å². The van der Waals surface area contributed by atoms with E-state index in [0.717, 1.165) is 11.5 Å². The molecule has 1 saturated heterocycles. The van der Waals surface area contributed by atoms with Gasteiger partial charge in [0.25, 0.3) is 5.91 Å². The van der Waals surface area contributed by atoms with Crippen LogP contribution in [-0.2, 0) is 6.54 Å². The van der Waals surface area contributed by atoms with Gasteiger partial charge in [-0.15, -0.1) is 0 Å². The van der Waals surface area contributed by atoms with E-state index in [2.05, 4.69) is 20.4 Å². The van der Waals surface area contributed by atoms with E-state index in [4.69, 9.17) is 0 Å². The molecular weight excluding hydrogens is 320 g/mol. The summed E-state index contributed by atoms with van der Waals surface area (Å²) < 4.78 is 1.73. The summed E-state index contributed by atoms with van der Waals surface area (Å²) in [6.45, 7) is 7.72. The first-order chi connectivity index (χ1) is 11.9. The van der Waals surface area contributed by atoms with E-state index < -0.39 is 5.60 Å². The molecule has 1 atom stereocenters. The monoisotopic (exact) mass is 344 g/mol. The van der Waals surface area contributed by atoms with Crippen molar-refractivity contribution in [1.29, 1.82) is 0 Å². The number of anilines is 1. The van der Waals surface area contributed by atoms with Crippen LogP contribution < -0.4 is 10.2 Å². The lowest BCUT2D eigenvalue weighted by atomic mass is 10.0. The topological polar surface area (TPSA) is 96.2 Å². The number of β-amino-alcohol motifs (C(OH)–C–C–N with tert-alkyl or cyclic N) is 1. The fraction of sp³-hybridized carbons (Fsp3) is 0.529. The van der Waals surface area contributed by atoms with Gasteiger partial charge in [-0.3, -0.25) is 9.48 Å². The third-order valence-corrected chi connectivity index (χ3v) is 4.54. The van der Waals surface area contributed by atoms with Gasteiger partial charge in [0.15, 0.2) is 0 Å². The zero-order valence-corrected chi connectivity index (χ0v) is 14.9. The van der Waals surface area contributed by atoms with Gasteiger partial charge in [0.05, 0.1) is 11.3 Å². The Hall–Kier alpha value is -2.48. The predicted molar refractivity (Wildman–Crippen MR) is 93.5 cm³/mol. The molecule has 1 unspecified atom stereocenters. The first-order valence-electron chi connectivity index (χ1n) is 8.48. The number of aliphatic hydroxyl groups is 1. The van der Waals surface area contributed by atoms with Gasteiger partial charge in [0, 0.05) is 44.1 Å². The van der Waals surface area contributed by atoms with Crippen LogP contribution in [0.1, 0.15) is 35.1 Å². The predicted octanol–water partition coefficient (Wildman–Crippen LogP) is 0.681. The highest BCUT2D eigenvalue weighted by Crippen LogP contribution is 2.25. The second-order valence-electron chi connectivity index (χ2n) is 6.58. The number of carbonyl (C=O) groups excluding carboxylic acids is 1. The molecule has 8 nitrogen and oxygen atoms in total. The van der Waals surface area contributed by atoms with Crippen LogP contribution in [0, 0.1) is 13.8 Å². The van der Waals surface area contributed by atoms with Crippen molar-refractivity contribution in [2.75, 3.05) is 24.5 Å². The van der Waals surface area contributed by atoms with Crippen molar-refractivity contribution in [2.45, 2.75) is 39.3 Å². The van der Waals surface area contributed by atoms with E-state index in [-0.39, 0.29) is 12.5 Å². The average Bonchev–Trinajstić information content (AvgIpc) is 3.16. The fourth-order valence-corrected chi connectivity index (χ4v) is 3.05. The lowest BCUT2D eigenvalue weighted by molar-refractivity contribution is 0.0575. The molecule has 3 rings (SSSR count). The maximum atomic E-state index is 12.4. The summed E-state index contributed by atoms with van der Waals surface area (Å²) in [5.74, 6) is 0.594. The van der Waals surface area contributed by atoms with E-state index in [9.17, 15) is 9.90 Å². The van der Waals surface area contributed by atoms with Crippen LogP contribution in [0.25, 0.3) is 0 Å². The Kier molecular flexibility index (Phi) is 4.71. The van der Waals surface area contributed by atoms with Crippen LogP contribution in [0.4, 0.5) is 5.82 Å². The molecule has 2 aromatic heterocycles. The number of hydrogen-bond acceptors (Lipinski definition) is 6. The Bertz CT molecular complexity index is 774. The molecule has 0 bridgehead atoms. The second kappa shape index (κ2) is 6.79. The normalized spacial score (nSPS) is 20.1. The average molecular weight is 344 g/mol. The van der Waals surface area contributed by atoms with E-state index in [1.807, 2.05) is 31.7 Å². The zero-order chi connectivity index (χ0) is 18.0. The smallest absolute Gasteiger partial charge is 0.254 e. The van der Waals surface area contributed by atoms with E-state index in [1.165, 1.54) is 6.33 Å². The Morgan fingerprint density at radius 2 is 2.20 bits per heavy atom. The lowest BCUT2D eigenvalue weighted by Crippen LogP contribution is -2.45. The van der Waals surface area contributed by atoms with Crippen LogP contribution in [0.5, 0.6) is 0 Å². The highest BCUT2D eigenvalue weighted by Gasteiger charge is 2.37. The van der Waals surface area contributed by atoms with E-state index in [0.29, 0.717) is 37.3 Å².